The zero-order chi connectivity index (χ0) is 13.4. The Hall–Kier alpha value is -2.62. The first-order valence-electron chi connectivity index (χ1n) is 5.84. The molecule has 0 aliphatic rings. The van der Waals surface area contributed by atoms with Crippen LogP contribution in [0.3, 0.4) is 0 Å². The molecule has 0 bridgehead atoms. The molecule has 0 amide bonds. The van der Waals surface area contributed by atoms with Gasteiger partial charge >= 0.3 is 5.97 Å². The Morgan fingerprint density at radius 2 is 2.00 bits per heavy atom. The van der Waals surface area contributed by atoms with Crippen LogP contribution in [0.25, 0.3) is 22.2 Å². The number of carboxylic acids is 1. The summed E-state index contributed by atoms with van der Waals surface area (Å²) in [5.41, 5.74) is 3.20. The van der Waals surface area contributed by atoms with Crippen LogP contribution >= 0.6 is 0 Å². The van der Waals surface area contributed by atoms with E-state index in [1.165, 1.54) is 6.07 Å². The number of benzene rings is 1. The third-order valence-corrected chi connectivity index (χ3v) is 3.04. The van der Waals surface area contributed by atoms with Crippen molar-refractivity contribution in [2.45, 2.75) is 6.92 Å². The van der Waals surface area contributed by atoms with E-state index in [1.807, 2.05) is 25.1 Å². The fourth-order valence-corrected chi connectivity index (χ4v) is 2.09. The summed E-state index contributed by atoms with van der Waals surface area (Å²) in [6, 6.07) is 10.7. The zero-order valence-corrected chi connectivity index (χ0v) is 10.3. The van der Waals surface area contributed by atoms with Gasteiger partial charge < -0.3 is 9.52 Å². The van der Waals surface area contributed by atoms with Crippen LogP contribution in [0.5, 0.6) is 0 Å². The quantitative estimate of drug-likeness (QED) is 0.759. The highest BCUT2D eigenvalue weighted by molar-refractivity contribution is 5.94. The fourth-order valence-electron chi connectivity index (χ4n) is 2.09. The standard InChI is InChI=1S/C15H11NO3/c1-9-8-19-14-10(9)4-2-5-11(14)12-6-3-7-13(16-12)15(17)18/h2-8H,1H3,(H,17,18). The number of carboxylic acid groups (broad SMARTS) is 1. The average molecular weight is 253 g/mol. The number of para-hydroxylation sites is 1. The second-order valence-corrected chi connectivity index (χ2v) is 4.31. The summed E-state index contributed by atoms with van der Waals surface area (Å²) >= 11 is 0. The summed E-state index contributed by atoms with van der Waals surface area (Å²) in [4.78, 5) is 15.1. The van der Waals surface area contributed by atoms with Gasteiger partial charge in [-0.15, -0.1) is 0 Å². The van der Waals surface area contributed by atoms with Gasteiger partial charge in [-0.1, -0.05) is 18.2 Å². The minimum atomic E-state index is -1.04. The number of rotatable bonds is 2. The van der Waals surface area contributed by atoms with Gasteiger partial charge in [0.25, 0.3) is 0 Å². The Labute approximate surface area is 109 Å². The van der Waals surface area contributed by atoms with Gasteiger partial charge in [-0.05, 0) is 30.7 Å². The van der Waals surface area contributed by atoms with E-state index in [9.17, 15) is 4.79 Å². The van der Waals surface area contributed by atoms with E-state index in [-0.39, 0.29) is 5.69 Å². The second kappa shape index (κ2) is 4.24. The van der Waals surface area contributed by atoms with Crippen LogP contribution in [-0.4, -0.2) is 16.1 Å². The molecule has 0 aliphatic heterocycles. The Morgan fingerprint density at radius 3 is 2.79 bits per heavy atom. The molecule has 1 N–H and O–H groups in total. The molecule has 0 aliphatic carbocycles. The zero-order valence-electron chi connectivity index (χ0n) is 10.3. The van der Waals surface area contributed by atoms with Gasteiger partial charge in [-0.25, -0.2) is 9.78 Å². The number of nitrogens with zero attached hydrogens (tertiary/aromatic N) is 1. The average Bonchev–Trinajstić information content (AvgIpc) is 2.81. The molecule has 2 heterocycles. The summed E-state index contributed by atoms with van der Waals surface area (Å²) in [5, 5.41) is 10.0. The van der Waals surface area contributed by atoms with Gasteiger partial charge in [0.05, 0.1) is 12.0 Å². The number of aromatic carboxylic acids is 1. The van der Waals surface area contributed by atoms with Gasteiger partial charge in [0.1, 0.15) is 11.3 Å². The van der Waals surface area contributed by atoms with Crippen molar-refractivity contribution in [3.63, 3.8) is 0 Å². The van der Waals surface area contributed by atoms with Gasteiger partial charge in [-0.2, -0.15) is 0 Å². The number of hydrogen-bond donors (Lipinski definition) is 1. The van der Waals surface area contributed by atoms with Crippen LogP contribution in [0.15, 0.2) is 47.1 Å². The lowest BCUT2D eigenvalue weighted by atomic mass is 10.1. The number of aryl methyl sites for hydroxylation is 1. The Morgan fingerprint density at radius 1 is 1.21 bits per heavy atom. The molecule has 94 valence electrons. The van der Waals surface area contributed by atoms with Crippen molar-refractivity contribution in [1.82, 2.24) is 4.98 Å². The predicted octanol–water partition coefficient (Wildman–Crippen LogP) is 3.50. The largest absolute Gasteiger partial charge is 0.477 e. The van der Waals surface area contributed by atoms with Gasteiger partial charge in [0.2, 0.25) is 0 Å². The lowest BCUT2D eigenvalue weighted by molar-refractivity contribution is 0.0690. The van der Waals surface area contributed by atoms with Gasteiger partial charge in [-0.3, -0.25) is 0 Å². The molecule has 0 spiro atoms. The van der Waals surface area contributed by atoms with E-state index >= 15 is 0 Å². The Kier molecular flexibility index (Phi) is 2.56. The van der Waals surface area contributed by atoms with Crippen LogP contribution in [0.2, 0.25) is 0 Å². The van der Waals surface area contributed by atoms with E-state index in [1.54, 1.807) is 18.4 Å². The molecule has 0 radical (unpaired) electrons. The molecule has 3 rings (SSSR count). The number of hydrogen-bond acceptors (Lipinski definition) is 3. The van der Waals surface area contributed by atoms with Crippen LogP contribution in [-0.2, 0) is 0 Å². The predicted molar refractivity (Wildman–Crippen MR) is 71.1 cm³/mol. The van der Waals surface area contributed by atoms with Crippen molar-refractivity contribution < 1.29 is 14.3 Å². The minimum Gasteiger partial charge on any atom is -0.477 e. The molecule has 3 aromatic rings. The Balaban J connectivity index is 2.24. The molecule has 0 fully saturated rings. The number of carbonyl (C=O) groups is 1. The smallest absolute Gasteiger partial charge is 0.354 e. The van der Waals surface area contributed by atoms with Crippen molar-refractivity contribution in [3.8, 4) is 11.3 Å². The molecule has 19 heavy (non-hydrogen) atoms. The van der Waals surface area contributed by atoms with Gasteiger partial charge in [0.15, 0.2) is 0 Å². The molecule has 4 heteroatoms. The lowest BCUT2D eigenvalue weighted by Gasteiger charge is -2.03. The SMILES string of the molecule is Cc1coc2c(-c3cccc(C(=O)O)n3)cccc12. The van der Waals surface area contributed by atoms with Crippen LogP contribution in [0, 0.1) is 6.92 Å². The van der Waals surface area contributed by atoms with E-state index in [4.69, 9.17) is 9.52 Å². The third kappa shape index (κ3) is 1.87. The molecule has 1 aromatic carbocycles. The summed E-state index contributed by atoms with van der Waals surface area (Å²) in [6.07, 6.45) is 1.69. The number of pyridine rings is 1. The highest BCUT2D eigenvalue weighted by Crippen LogP contribution is 2.30. The maximum Gasteiger partial charge on any atom is 0.354 e. The summed E-state index contributed by atoms with van der Waals surface area (Å²) in [7, 11) is 0. The van der Waals surface area contributed by atoms with Crippen LogP contribution in [0.1, 0.15) is 16.1 Å². The molecular weight excluding hydrogens is 242 g/mol. The molecule has 0 saturated heterocycles. The number of fused-ring (bicyclic) bond motifs is 1. The first kappa shape index (κ1) is 11.5. The van der Waals surface area contributed by atoms with Crippen molar-refractivity contribution in [2.24, 2.45) is 0 Å². The molecular formula is C15H11NO3. The molecule has 0 saturated carbocycles. The summed E-state index contributed by atoms with van der Waals surface area (Å²) in [6.45, 7) is 1.97. The second-order valence-electron chi connectivity index (χ2n) is 4.31. The van der Waals surface area contributed by atoms with E-state index < -0.39 is 5.97 Å². The van der Waals surface area contributed by atoms with Crippen molar-refractivity contribution in [1.29, 1.82) is 0 Å². The van der Waals surface area contributed by atoms with Gasteiger partial charge in [0, 0.05) is 10.9 Å². The normalized spacial score (nSPS) is 10.8. The van der Waals surface area contributed by atoms with E-state index in [2.05, 4.69) is 4.98 Å². The summed E-state index contributed by atoms with van der Waals surface area (Å²) in [5.74, 6) is -1.04. The first-order valence-corrected chi connectivity index (χ1v) is 5.84. The van der Waals surface area contributed by atoms with Crippen molar-refractivity contribution in [3.05, 3.63) is 53.9 Å². The van der Waals surface area contributed by atoms with Crippen LogP contribution < -0.4 is 0 Å². The first-order chi connectivity index (χ1) is 9.16. The molecule has 4 nitrogen and oxygen atoms in total. The number of furan rings is 1. The lowest BCUT2D eigenvalue weighted by Crippen LogP contribution is -2.00. The highest BCUT2D eigenvalue weighted by Gasteiger charge is 2.12. The fraction of sp³-hybridized carbons (Fsp3) is 0.0667. The topological polar surface area (TPSA) is 63.3 Å². The maximum atomic E-state index is 11.0. The highest BCUT2D eigenvalue weighted by atomic mass is 16.4. The number of aromatic nitrogens is 1. The monoisotopic (exact) mass is 253 g/mol. The maximum absolute atomic E-state index is 11.0. The summed E-state index contributed by atoms with van der Waals surface area (Å²) < 4.78 is 5.55. The van der Waals surface area contributed by atoms with Crippen molar-refractivity contribution in [2.75, 3.05) is 0 Å². The molecule has 2 aromatic heterocycles. The van der Waals surface area contributed by atoms with E-state index in [0.29, 0.717) is 5.69 Å². The Bertz CT molecular complexity index is 774. The molecule has 0 atom stereocenters. The minimum absolute atomic E-state index is 0.0257. The third-order valence-electron chi connectivity index (χ3n) is 3.04. The van der Waals surface area contributed by atoms with Crippen LogP contribution in [0.4, 0.5) is 0 Å². The van der Waals surface area contributed by atoms with Crippen molar-refractivity contribution >= 4 is 16.9 Å². The molecule has 0 unspecified atom stereocenters. The van der Waals surface area contributed by atoms with E-state index in [0.717, 1.165) is 22.1 Å².